The molecular formula is C12H14N2O3. The Labute approximate surface area is 99.4 Å². The molecule has 1 aliphatic rings. The molecule has 0 spiro atoms. The minimum atomic E-state index is -0.580. The maximum Gasteiger partial charge on any atom is 0.324 e. The highest BCUT2D eigenvalue weighted by Crippen LogP contribution is 2.22. The van der Waals surface area contributed by atoms with E-state index >= 15 is 0 Å². The van der Waals surface area contributed by atoms with E-state index in [1.165, 1.54) is 7.05 Å². The molecule has 1 aliphatic heterocycles. The molecule has 0 radical (unpaired) electrons. The zero-order chi connectivity index (χ0) is 12.4. The van der Waals surface area contributed by atoms with E-state index in [1.54, 1.807) is 24.3 Å². The standard InChI is InChI=1S/C12H14N2O3/c1-3-17-9-6-4-8(5-7-9)10-11(15)14(2)12(16)13-10/h4-7,10H,3H2,1-2H3,(H,13,16). The van der Waals surface area contributed by atoms with Crippen LogP contribution in [-0.4, -0.2) is 30.5 Å². The summed E-state index contributed by atoms with van der Waals surface area (Å²) in [6.45, 7) is 2.50. The van der Waals surface area contributed by atoms with Gasteiger partial charge in [0.1, 0.15) is 11.8 Å². The lowest BCUT2D eigenvalue weighted by Crippen LogP contribution is -2.25. The molecule has 0 bridgehead atoms. The summed E-state index contributed by atoms with van der Waals surface area (Å²) in [6, 6.07) is 6.20. The second-order valence-electron chi connectivity index (χ2n) is 3.78. The number of imide groups is 1. The molecule has 1 heterocycles. The minimum absolute atomic E-state index is 0.237. The molecule has 1 aromatic rings. The molecule has 1 N–H and O–H groups in total. The van der Waals surface area contributed by atoms with Gasteiger partial charge in [0.25, 0.3) is 5.91 Å². The molecule has 3 amide bonds. The average molecular weight is 234 g/mol. The zero-order valence-electron chi connectivity index (χ0n) is 9.77. The van der Waals surface area contributed by atoms with Gasteiger partial charge in [0.15, 0.2) is 0 Å². The summed E-state index contributed by atoms with van der Waals surface area (Å²) in [5.41, 5.74) is 0.760. The number of carbonyl (C=O) groups excluding carboxylic acids is 2. The highest BCUT2D eigenvalue weighted by molar-refractivity contribution is 6.04. The van der Waals surface area contributed by atoms with Crippen LogP contribution in [0.15, 0.2) is 24.3 Å². The van der Waals surface area contributed by atoms with Crippen LogP contribution in [0.2, 0.25) is 0 Å². The summed E-state index contributed by atoms with van der Waals surface area (Å²) in [4.78, 5) is 24.1. The number of rotatable bonds is 3. The Hall–Kier alpha value is -2.04. The van der Waals surface area contributed by atoms with Crippen LogP contribution in [-0.2, 0) is 4.79 Å². The third kappa shape index (κ3) is 2.08. The zero-order valence-corrected chi connectivity index (χ0v) is 9.77. The van der Waals surface area contributed by atoms with Gasteiger partial charge in [-0.05, 0) is 24.6 Å². The highest BCUT2D eigenvalue weighted by Gasteiger charge is 2.36. The summed E-state index contributed by atoms with van der Waals surface area (Å²) >= 11 is 0. The Morgan fingerprint density at radius 1 is 1.29 bits per heavy atom. The quantitative estimate of drug-likeness (QED) is 0.802. The van der Waals surface area contributed by atoms with E-state index in [4.69, 9.17) is 4.74 Å². The lowest BCUT2D eigenvalue weighted by molar-refractivity contribution is -0.126. The number of ether oxygens (including phenoxy) is 1. The number of amides is 3. The van der Waals surface area contributed by atoms with E-state index in [2.05, 4.69) is 5.32 Å². The minimum Gasteiger partial charge on any atom is -0.494 e. The number of carbonyl (C=O) groups is 2. The van der Waals surface area contributed by atoms with Crippen LogP contribution in [0.1, 0.15) is 18.5 Å². The third-order valence-electron chi connectivity index (χ3n) is 2.67. The molecular weight excluding hydrogens is 220 g/mol. The molecule has 2 rings (SSSR count). The monoisotopic (exact) mass is 234 g/mol. The Balaban J connectivity index is 2.18. The predicted octanol–water partition coefficient (Wildman–Crippen LogP) is 1.31. The number of nitrogens with one attached hydrogen (secondary N) is 1. The van der Waals surface area contributed by atoms with Crippen molar-refractivity contribution in [1.29, 1.82) is 0 Å². The van der Waals surface area contributed by atoms with E-state index in [-0.39, 0.29) is 11.9 Å². The van der Waals surface area contributed by atoms with Crippen LogP contribution in [0.25, 0.3) is 0 Å². The van der Waals surface area contributed by atoms with Crippen molar-refractivity contribution in [3.63, 3.8) is 0 Å². The van der Waals surface area contributed by atoms with Crippen molar-refractivity contribution in [2.75, 3.05) is 13.7 Å². The fourth-order valence-corrected chi connectivity index (χ4v) is 1.72. The summed E-state index contributed by atoms with van der Waals surface area (Å²) < 4.78 is 5.31. The third-order valence-corrected chi connectivity index (χ3v) is 2.67. The molecule has 5 nitrogen and oxygen atoms in total. The smallest absolute Gasteiger partial charge is 0.324 e. The van der Waals surface area contributed by atoms with Gasteiger partial charge in [-0.1, -0.05) is 12.1 Å². The summed E-state index contributed by atoms with van der Waals surface area (Å²) in [5, 5.41) is 2.62. The predicted molar refractivity (Wildman–Crippen MR) is 61.7 cm³/mol. The second-order valence-corrected chi connectivity index (χ2v) is 3.78. The van der Waals surface area contributed by atoms with E-state index in [1.807, 2.05) is 6.92 Å². The van der Waals surface area contributed by atoms with Gasteiger partial charge in [-0.3, -0.25) is 9.69 Å². The van der Waals surface area contributed by atoms with Gasteiger partial charge in [-0.2, -0.15) is 0 Å². The molecule has 1 fully saturated rings. The van der Waals surface area contributed by atoms with Crippen molar-refractivity contribution in [1.82, 2.24) is 10.2 Å². The van der Waals surface area contributed by atoms with Gasteiger partial charge in [-0.25, -0.2) is 4.79 Å². The molecule has 0 aliphatic carbocycles. The Bertz CT molecular complexity index is 442. The van der Waals surface area contributed by atoms with Gasteiger partial charge in [-0.15, -0.1) is 0 Å². The van der Waals surface area contributed by atoms with Crippen molar-refractivity contribution in [2.24, 2.45) is 0 Å². The molecule has 0 aromatic heterocycles. The van der Waals surface area contributed by atoms with Crippen LogP contribution in [0, 0.1) is 0 Å². The largest absolute Gasteiger partial charge is 0.494 e. The first-order valence-corrected chi connectivity index (χ1v) is 5.44. The van der Waals surface area contributed by atoms with E-state index in [9.17, 15) is 9.59 Å². The Morgan fingerprint density at radius 3 is 2.41 bits per heavy atom. The van der Waals surface area contributed by atoms with Crippen LogP contribution < -0.4 is 10.1 Å². The number of hydrogen-bond donors (Lipinski definition) is 1. The topological polar surface area (TPSA) is 58.6 Å². The van der Waals surface area contributed by atoms with Gasteiger partial charge < -0.3 is 10.1 Å². The summed E-state index contributed by atoms with van der Waals surface area (Å²) in [6.07, 6.45) is 0. The maximum absolute atomic E-state index is 11.7. The lowest BCUT2D eigenvalue weighted by Gasteiger charge is -2.09. The highest BCUT2D eigenvalue weighted by atomic mass is 16.5. The maximum atomic E-state index is 11.7. The van der Waals surface area contributed by atoms with Gasteiger partial charge in [0.05, 0.1) is 6.61 Å². The van der Waals surface area contributed by atoms with Crippen molar-refractivity contribution in [3.05, 3.63) is 29.8 Å². The SMILES string of the molecule is CCOc1ccc(C2NC(=O)N(C)C2=O)cc1. The average Bonchev–Trinajstić information content (AvgIpc) is 2.59. The number of benzene rings is 1. The normalized spacial score (nSPS) is 19.4. The fraction of sp³-hybridized carbons (Fsp3) is 0.333. The first-order valence-electron chi connectivity index (χ1n) is 5.44. The number of hydrogen-bond acceptors (Lipinski definition) is 3. The molecule has 90 valence electrons. The van der Waals surface area contributed by atoms with Crippen LogP contribution in [0.3, 0.4) is 0 Å². The van der Waals surface area contributed by atoms with Crippen molar-refractivity contribution in [2.45, 2.75) is 13.0 Å². The Morgan fingerprint density at radius 2 is 1.94 bits per heavy atom. The van der Waals surface area contributed by atoms with E-state index < -0.39 is 6.04 Å². The van der Waals surface area contributed by atoms with Crippen LogP contribution >= 0.6 is 0 Å². The molecule has 0 saturated carbocycles. The van der Waals surface area contributed by atoms with Crippen molar-refractivity contribution < 1.29 is 14.3 Å². The summed E-state index contributed by atoms with van der Waals surface area (Å²) in [7, 11) is 1.46. The fourth-order valence-electron chi connectivity index (χ4n) is 1.72. The van der Waals surface area contributed by atoms with Gasteiger partial charge >= 0.3 is 6.03 Å². The first kappa shape index (κ1) is 11.4. The van der Waals surface area contributed by atoms with Crippen molar-refractivity contribution in [3.8, 4) is 5.75 Å². The van der Waals surface area contributed by atoms with Crippen LogP contribution in [0.4, 0.5) is 4.79 Å². The second kappa shape index (κ2) is 4.45. The number of urea groups is 1. The number of likely N-dealkylation sites (N-methyl/N-ethyl adjacent to an activating group) is 1. The lowest BCUT2D eigenvalue weighted by atomic mass is 10.1. The van der Waals surface area contributed by atoms with E-state index in [0.29, 0.717) is 6.61 Å². The van der Waals surface area contributed by atoms with Crippen molar-refractivity contribution >= 4 is 11.9 Å². The molecule has 1 aromatic carbocycles. The van der Waals surface area contributed by atoms with Crippen LogP contribution in [0.5, 0.6) is 5.75 Å². The molecule has 17 heavy (non-hydrogen) atoms. The molecule has 5 heteroatoms. The van der Waals surface area contributed by atoms with Gasteiger partial charge in [0.2, 0.25) is 0 Å². The van der Waals surface area contributed by atoms with Gasteiger partial charge in [0, 0.05) is 7.05 Å². The Kier molecular flexibility index (Phi) is 2.99. The molecule has 1 saturated heterocycles. The number of nitrogens with zero attached hydrogens (tertiary/aromatic N) is 1. The molecule has 1 atom stereocenters. The van der Waals surface area contributed by atoms with E-state index in [0.717, 1.165) is 16.2 Å². The summed E-state index contributed by atoms with van der Waals surface area (Å²) in [5.74, 6) is 0.514. The first-order chi connectivity index (χ1) is 8.13. The molecule has 1 unspecified atom stereocenters.